The van der Waals surface area contributed by atoms with Gasteiger partial charge in [0.05, 0.1) is 0 Å². The van der Waals surface area contributed by atoms with E-state index in [4.69, 9.17) is 0 Å². The maximum Gasteiger partial charge on any atom is -0.0108 e. The Kier molecular flexibility index (Phi) is 2.10. The normalized spacial score (nSPS) is 22.9. The molecular weight excluding hydrogens is 108 g/mol. The molecule has 9 heavy (non-hydrogen) atoms. The van der Waals surface area contributed by atoms with Crippen LogP contribution in [0.5, 0.6) is 0 Å². The topological polar surface area (TPSA) is 0 Å². The van der Waals surface area contributed by atoms with Gasteiger partial charge < -0.3 is 0 Å². The number of hydrogen-bond acceptors (Lipinski definition) is 0. The third-order valence-corrected chi connectivity index (χ3v) is 1.71. The highest BCUT2D eigenvalue weighted by molar-refractivity contribution is 5.24. The van der Waals surface area contributed by atoms with Crippen molar-refractivity contribution in [3.63, 3.8) is 0 Å². The lowest BCUT2D eigenvalue weighted by molar-refractivity contribution is 1.09. The lowest BCUT2D eigenvalue weighted by Gasteiger charge is -1.92. The lowest BCUT2D eigenvalue weighted by Crippen LogP contribution is -1.72. The van der Waals surface area contributed by atoms with Gasteiger partial charge in [-0.05, 0) is 26.2 Å². The molecule has 0 heterocycles. The van der Waals surface area contributed by atoms with Gasteiger partial charge in [0.15, 0.2) is 0 Å². The van der Waals surface area contributed by atoms with Gasteiger partial charge in [0.25, 0.3) is 0 Å². The molecule has 0 aromatic rings. The minimum Gasteiger partial charge on any atom is -0.0850 e. The zero-order valence-electron chi connectivity index (χ0n) is 6.28. The molecule has 0 amide bonds. The molecule has 0 aromatic heterocycles. The quantitative estimate of drug-likeness (QED) is 0.469. The van der Waals surface area contributed by atoms with Gasteiger partial charge >= 0.3 is 0 Å². The Balaban J connectivity index is 2.46. The summed E-state index contributed by atoms with van der Waals surface area (Å²) >= 11 is 0. The van der Waals surface area contributed by atoms with Crippen LogP contribution in [0, 0.1) is 0 Å². The Bertz CT molecular complexity index is 149. The summed E-state index contributed by atoms with van der Waals surface area (Å²) in [6, 6.07) is 0. The number of rotatable bonds is 1. The molecule has 0 N–H and O–H groups in total. The van der Waals surface area contributed by atoms with Crippen molar-refractivity contribution in [3.8, 4) is 0 Å². The van der Waals surface area contributed by atoms with Gasteiger partial charge in [-0.15, -0.1) is 0 Å². The lowest BCUT2D eigenvalue weighted by atomic mass is 10.1. The molecule has 0 radical (unpaired) electrons. The summed E-state index contributed by atoms with van der Waals surface area (Å²) < 4.78 is 0. The van der Waals surface area contributed by atoms with E-state index in [0.717, 1.165) is 0 Å². The Morgan fingerprint density at radius 3 is 2.89 bits per heavy atom. The van der Waals surface area contributed by atoms with Crippen LogP contribution in [0.4, 0.5) is 0 Å². The van der Waals surface area contributed by atoms with E-state index in [-0.39, 0.29) is 0 Å². The fraction of sp³-hybridized carbons (Fsp3) is 0.556. The Hall–Kier alpha value is -0.520. The molecule has 1 aliphatic rings. The molecular formula is C9H14. The van der Waals surface area contributed by atoms with E-state index in [1.54, 1.807) is 5.57 Å². The molecule has 0 aromatic carbocycles. The standard InChI is InChI=1S/C9H14/c1-3-4-9-6-5-8(2)7-9/h4-5H,3,6-7H2,1-2H3. The van der Waals surface area contributed by atoms with Crippen molar-refractivity contribution < 1.29 is 0 Å². The maximum atomic E-state index is 2.34. The van der Waals surface area contributed by atoms with Crippen LogP contribution in [0.25, 0.3) is 0 Å². The van der Waals surface area contributed by atoms with Crippen molar-refractivity contribution in [2.45, 2.75) is 33.1 Å². The van der Waals surface area contributed by atoms with E-state index >= 15 is 0 Å². The van der Waals surface area contributed by atoms with Crippen LogP contribution in [0.2, 0.25) is 0 Å². The van der Waals surface area contributed by atoms with Gasteiger partial charge in [-0.2, -0.15) is 0 Å². The molecule has 0 atom stereocenters. The van der Waals surface area contributed by atoms with E-state index in [0.29, 0.717) is 0 Å². The molecule has 0 spiro atoms. The van der Waals surface area contributed by atoms with E-state index in [2.05, 4.69) is 26.0 Å². The van der Waals surface area contributed by atoms with Crippen molar-refractivity contribution in [2.75, 3.05) is 0 Å². The first-order valence-electron chi connectivity index (χ1n) is 3.66. The molecule has 0 fully saturated rings. The van der Waals surface area contributed by atoms with Gasteiger partial charge in [-0.25, -0.2) is 0 Å². The minimum absolute atomic E-state index is 1.19. The van der Waals surface area contributed by atoms with Crippen LogP contribution >= 0.6 is 0 Å². The second-order valence-electron chi connectivity index (χ2n) is 2.70. The van der Waals surface area contributed by atoms with Crippen molar-refractivity contribution >= 4 is 0 Å². The summed E-state index contributed by atoms with van der Waals surface area (Å²) in [6.07, 6.45) is 8.29. The molecule has 0 heteroatoms. The van der Waals surface area contributed by atoms with Gasteiger partial charge in [0.1, 0.15) is 0 Å². The largest absolute Gasteiger partial charge is 0.0850 e. The molecule has 0 nitrogen and oxygen atoms in total. The van der Waals surface area contributed by atoms with Crippen LogP contribution in [-0.4, -0.2) is 0 Å². The SMILES string of the molecule is CCC=C1CC=C(C)C1. The summed E-state index contributed by atoms with van der Waals surface area (Å²) in [6.45, 7) is 4.40. The predicted molar refractivity (Wildman–Crippen MR) is 41.4 cm³/mol. The van der Waals surface area contributed by atoms with E-state index in [1.807, 2.05) is 0 Å². The smallest absolute Gasteiger partial charge is 0.0108 e. The molecule has 0 aliphatic heterocycles. The molecule has 0 saturated carbocycles. The van der Waals surface area contributed by atoms with E-state index in [1.165, 1.54) is 24.8 Å². The Morgan fingerprint density at radius 2 is 2.44 bits per heavy atom. The van der Waals surface area contributed by atoms with E-state index in [9.17, 15) is 0 Å². The van der Waals surface area contributed by atoms with Gasteiger partial charge in [-0.3, -0.25) is 0 Å². The summed E-state index contributed by atoms with van der Waals surface area (Å²) in [5.74, 6) is 0. The Morgan fingerprint density at radius 1 is 1.67 bits per heavy atom. The first-order valence-corrected chi connectivity index (χ1v) is 3.66. The van der Waals surface area contributed by atoms with Crippen LogP contribution in [-0.2, 0) is 0 Å². The third-order valence-electron chi connectivity index (χ3n) is 1.71. The highest BCUT2D eigenvalue weighted by atomic mass is 14.1. The Labute approximate surface area is 57.3 Å². The van der Waals surface area contributed by atoms with Crippen molar-refractivity contribution in [1.29, 1.82) is 0 Å². The minimum atomic E-state index is 1.19. The molecule has 1 rings (SSSR count). The molecule has 1 aliphatic carbocycles. The molecule has 0 bridgehead atoms. The highest BCUT2D eigenvalue weighted by Gasteiger charge is 2.03. The fourth-order valence-electron chi connectivity index (χ4n) is 1.25. The van der Waals surface area contributed by atoms with Crippen LogP contribution < -0.4 is 0 Å². The summed E-state index contributed by atoms with van der Waals surface area (Å²) in [5, 5.41) is 0. The molecule has 50 valence electrons. The number of hydrogen-bond donors (Lipinski definition) is 0. The van der Waals surface area contributed by atoms with Gasteiger partial charge in [0, 0.05) is 0 Å². The van der Waals surface area contributed by atoms with Crippen LogP contribution in [0.1, 0.15) is 33.1 Å². The monoisotopic (exact) mass is 122 g/mol. The average Bonchev–Trinajstić information content (AvgIpc) is 2.17. The maximum absolute atomic E-state index is 2.34. The average molecular weight is 122 g/mol. The predicted octanol–water partition coefficient (Wildman–Crippen LogP) is 3.06. The molecule has 0 unspecified atom stereocenters. The van der Waals surface area contributed by atoms with Gasteiger partial charge in [-0.1, -0.05) is 30.2 Å². The highest BCUT2D eigenvalue weighted by Crippen LogP contribution is 2.23. The number of allylic oxidation sites excluding steroid dienone is 4. The summed E-state index contributed by atoms with van der Waals surface area (Å²) in [7, 11) is 0. The van der Waals surface area contributed by atoms with E-state index < -0.39 is 0 Å². The van der Waals surface area contributed by atoms with Crippen LogP contribution in [0.3, 0.4) is 0 Å². The third kappa shape index (κ3) is 1.70. The zero-order valence-corrected chi connectivity index (χ0v) is 6.28. The molecule has 0 saturated heterocycles. The summed E-state index contributed by atoms with van der Waals surface area (Å²) in [5.41, 5.74) is 3.14. The fourth-order valence-corrected chi connectivity index (χ4v) is 1.25. The van der Waals surface area contributed by atoms with Crippen LogP contribution in [0.15, 0.2) is 23.3 Å². The zero-order chi connectivity index (χ0) is 6.69. The summed E-state index contributed by atoms with van der Waals surface area (Å²) in [4.78, 5) is 0. The van der Waals surface area contributed by atoms with Gasteiger partial charge in [0.2, 0.25) is 0 Å². The second-order valence-corrected chi connectivity index (χ2v) is 2.70. The second kappa shape index (κ2) is 2.86. The van der Waals surface area contributed by atoms with Crippen molar-refractivity contribution in [3.05, 3.63) is 23.3 Å². The first kappa shape index (κ1) is 6.60. The van der Waals surface area contributed by atoms with Crippen molar-refractivity contribution in [1.82, 2.24) is 0 Å². The first-order chi connectivity index (χ1) is 4.33. The van der Waals surface area contributed by atoms with Crippen molar-refractivity contribution in [2.24, 2.45) is 0 Å².